The van der Waals surface area contributed by atoms with E-state index in [-0.39, 0.29) is 17.8 Å². The average molecular weight is 425 g/mol. The van der Waals surface area contributed by atoms with Crippen LogP contribution in [-0.4, -0.2) is 13.0 Å². The van der Waals surface area contributed by atoms with Gasteiger partial charge in [-0.05, 0) is 50.9 Å². The van der Waals surface area contributed by atoms with Gasteiger partial charge in [0.15, 0.2) is 0 Å². The summed E-state index contributed by atoms with van der Waals surface area (Å²) in [7, 11) is -4.33. The molecule has 0 saturated heterocycles. The third kappa shape index (κ3) is 2.63. The van der Waals surface area contributed by atoms with Crippen LogP contribution in [0.25, 0.3) is 0 Å². The Balaban J connectivity index is 1.89. The van der Waals surface area contributed by atoms with Crippen LogP contribution in [-0.2, 0) is 10.1 Å². The van der Waals surface area contributed by atoms with E-state index in [0.29, 0.717) is 10.6 Å². The lowest BCUT2D eigenvalue weighted by Crippen LogP contribution is -2.31. The second-order valence-corrected chi connectivity index (χ2v) is 10.2. The van der Waals surface area contributed by atoms with Crippen molar-refractivity contribution in [3.8, 4) is 0 Å². The van der Waals surface area contributed by atoms with Gasteiger partial charge in [-0.25, -0.2) is 0 Å². The molecule has 0 spiro atoms. The number of benzene rings is 3. The highest BCUT2D eigenvalue weighted by Crippen LogP contribution is 2.58. The van der Waals surface area contributed by atoms with Gasteiger partial charge in [0.2, 0.25) is 0 Å². The van der Waals surface area contributed by atoms with Crippen molar-refractivity contribution in [3.05, 3.63) is 105 Å². The summed E-state index contributed by atoms with van der Waals surface area (Å²) < 4.78 is 34.9. The van der Waals surface area contributed by atoms with Crippen LogP contribution in [0.3, 0.4) is 0 Å². The number of rotatable bonds is 3. The Bertz CT molecular complexity index is 1200. The van der Waals surface area contributed by atoms with E-state index in [0.717, 1.165) is 11.1 Å². The van der Waals surface area contributed by atoms with Crippen molar-refractivity contribution in [3.63, 3.8) is 0 Å². The van der Waals surface area contributed by atoms with Crippen molar-refractivity contribution < 1.29 is 13.0 Å². The molecule has 2 bridgehead atoms. The standard InChI is InChI=1S/C24H21ClO3S/c1-13(2)24(29(26,27)28)23-19(25)12-11-18-20-14-7-3-5-9-16(14)21(22(18)23)17-10-6-4-8-15(17)20/h3-13,20-21,24H,1-2H3,(H,26,27,28). The SMILES string of the molecule is CC(C)C(c1c(Cl)ccc2c1C1c3ccccc3C2c2ccccc21)S(=O)(=O)O. The average Bonchev–Trinajstić information content (AvgIpc) is 2.68. The van der Waals surface area contributed by atoms with Gasteiger partial charge in [-0.2, -0.15) is 8.42 Å². The molecular weight excluding hydrogens is 404 g/mol. The van der Waals surface area contributed by atoms with Gasteiger partial charge < -0.3 is 0 Å². The minimum absolute atomic E-state index is 0.0348. The third-order valence-electron chi connectivity index (χ3n) is 6.31. The van der Waals surface area contributed by atoms with Crippen molar-refractivity contribution in [1.82, 2.24) is 0 Å². The predicted octanol–water partition coefficient (Wildman–Crippen LogP) is 5.91. The highest BCUT2D eigenvalue weighted by Gasteiger charge is 2.45. The molecule has 0 amide bonds. The summed E-state index contributed by atoms with van der Waals surface area (Å²) >= 11 is 6.62. The van der Waals surface area contributed by atoms with Crippen molar-refractivity contribution in [2.45, 2.75) is 30.9 Å². The second-order valence-electron chi connectivity index (χ2n) is 8.27. The normalized spacial score (nSPS) is 20.2. The van der Waals surface area contributed by atoms with Gasteiger partial charge >= 0.3 is 0 Å². The molecule has 0 saturated carbocycles. The Morgan fingerprint density at radius 1 is 0.793 bits per heavy atom. The summed E-state index contributed by atoms with van der Waals surface area (Å²) in [5, 5.41) is -0.675. The van der Waals surface area contributed by atoms with E-state index in [1.165, 1.54) is 22.3 Å². The van der Waals surface area contributed by atoms with Gasteiger partial charge in [0.25, 0.3) is 10.1 Å². The molecule has 5 heteroatoms. The molecule has 29 heavy (non-hydrogen) atoms. The van der Waals surface area contributed by atoms with E-state index in [1.807, 2.05) is 30.3 Å². The Labute approximate surface area is 176 Å². The van der Waals surface area contributed by atoms with E-state index < -0.39 is 15.4 Å². The van der Waals surface area contributed by atoms with Crippen LogP contribution in [0.1, 0.15) is 69.9 Å². The number of hydrogen-bond donors (Lipinski definition) is 1. The summed E-state index contributed by atoms with van der Waals surface area (Å²) in [5.41, 5.74) is 7.45. The van der Waals surface area contributed by atoms with Crippen LogP contribution in [0.5, 0.6) is 0 Å². The lowest BCUT2D eigenvalue weighted by molar-refractivity contribution is 0.444. The minimum Gasteiger partial charge on any atom is -0.285 e. The minimum atomic E-state index is -4.33. The first-order valence-corrected chi connectivity index (χ1v) is 11.6. The van der Waals surface area contributed by atoms with Gasteiger partial charge in [0.05, 0.1) is 0 Å². The van der Waals surface area contributed by atoms with Gasteiger partial charge in [0, 0.05) is 16.9 Å². The smallest absolute Gasteiger partial charge is 0.272 e. The lowest BCUT2D eigenvalue weighted by atomic mass is 9.60. The zero-order valence-corrected chi connectivity index (χ0v) is 17.7. The van der Waals surface area contributed by atoms with Crippen LogP contribution in [0.2, 0.25) is 5.02 Å². The van der Waals surface area contributed by atoms with Crippen LogP contribution < -0.4 is 0 Å². The maximum absolute atomic E-state index is 12.4. The van der Waals surface area contributed by atoms with E-state index in [1.54, 1.807) is 19.9 Å². The van der Waals surface area contributed by atoms with E-state index >= 15 is 0 Å². The van der Waals surface area contributed by atoms with E-state index in [4.69, 9.17) is 11.6 Å². The van der Waals surface area contributed by atoms with Crippen LogP contribution >= 0.6 is 11.6 Å². The molecule has 0 aromatic heterocycles. The van der Waals surface area contributed by atoms with Crippen LogP contribution in [0, 0.1) is 5.92 Å². The van der Waals surface area contributed by atoms with Crippen molar-refractivity contribution >= 4 is 21.7 Å². The van der Waals surface area contributed by atoms with Crippen LogP contribution in [0.4, 0.5) is 0 Å². The van der Waals surface area contributed by atoms with Crippen molar-refractivity contribution in [2.75, 3.05) is 0 Å². The molecule has 3 aliphatic rings. The summed E-state index contributed by atoms with van der Waals surface area (Å²) in [6.45, 7) is 3.61. The van der Waals surface area contributed by atoms with Crippen molar-refractivity contribution in [1.29, 1.82) is 0 Å². The number of hydrogen-bond acceptors (Lipinski definition) is 2. The van der Waals surface area contributed by atoms with Gasteiger partial charge in [0.1, 0.15) is 5.25 Å². The third-order valence-corrected chi connectivity index (χ3v) is 8.07. The van der Waals surface area contributed by atoms with E-state index in [9.17, 15) is 13.0 Å². The molecule has 1 N–H and O–H groups in total. The molecule has 0 aliphatic heterocycles. The molecular formula is C24H21ClO3S. The monoisotopic (exact) mass is 424 g/mol. The molecule has 0 fully saturated rings. The fraction of sp³-hybridized carbons (Fsp3) is 0.250. The second kappa shape index (κ2) is 6.43. The lowest BCUT2D eigenvalue weighted by Gasteiger charge is -2.44. The maximum Gasteiger partial charge on any atom is 0.272 e. The highest BCUT2D eigenvalue weighted by molar-refractivity contribution is 7.86. The first kappa shape index (κ1) is 18.9. The number of halogens is 1. The largest absolute Gasteiger partial charge is 0.285 e. The molecule has 3 aromatic rings. The molecule has 1 atom stereocenters. The fourth-order valence-corrected chi connectivity index (χ4v) is 6.96. The Hall–Kier alpha value is -2.14. The molecule has 6 rings (SSSR count). The molecule has 148 valence electrons. The Kier molecular flexibility index (Phi) is 4.18. The zero-order chi connectivity index (χ0) is 20.5. The molecule has 3 aromatic carbocycles. The molecule has 3 nitrogen and oxygen atoms in total. The topological polar surface area (TPSA) is 54.4 Å². The molecule has 0 heterocycles. The summed E-state index contributed by atoms with van der Waals surface area (Å²) in [6.07, 6.45) is 0. The molecule has 1 unspecified atom stereocenters. The van der Waals surface area contributed by atoms with Gasteiger partial charge in [-0.3, -0.25) is 4.55 Å². The summed E-state index contributed by atoms with van der Waals surface area (Å²) in [4.78, 5) is 0. The zero-order valence-electron chi connectivity index (χ0n) is 16.1. The van der Waals surface area contributed by atoms with Crippen molar-refractivity contribution in [2.24, 2.45) is 5.92 Å². The van der Waals surface area contributed by atoms with E-state index in [2.05, 4.69) is 24.3 Å². The first-order valence-electron chi connectivity index (χ1n) is 9.76. The first-order chi connectivity index (χ1) is 13.8. The highest BCUT2D eigenvalue weighted by atomic mass is 35.5. The quantitative estimate of drug-likeness (QED) is 0.366. The molecule has 3 aliphatic carbocycles. The maximum atomic E-state index is 12.4. The van der Waals surface area contributed by atoms with Gasteiger partial charge in [-0.1, -0.05) is 80.0 Å². The predicted molar refractivity (Wildman–Crippen MR) is 115 cm³/mol. The summed E-state index contributed by atoms with van der Waals surface area (Å²) in [5.74, 6) is -0.383. The Morgan fingerprint density at radius 2 is 1.28 bits per heavy atom. The Morgan fingerprint density at radius 3 is 1.72 bits per heavy atom. The fourth-order valence-electron chi connectivity index (χ4n) is 5.37. The molecule has 0 radical (unpaired) electrons. The summed E-state index contributed by atoms with van der Waals surface area (Å²) in [6, 6.07) is 20.5. The van der Waals surface area contributed by atoms with Crippen LogP contribution in [0.15, 0.2) is 60.7 Å². The van der Waals surface area contributed by atoms with Gasteiger partial charge in [-0.15, -0.1) is 0 Å².